The van der Waals surface area contributed by atoms with E-state index in [2.05, 4.69) is 0 Å². The molecule has 0 saturated heterocycles. The van der Waals surface area contributed by atoms with Crippen molar-refractivity contribution < 1.29 is 18.0 Å². The van der Waals surface area contributed by atoms with Crippen LogP contribution in [0.4, 0.5) is 13.2 Å². The van der Waals surface area contributed by atoms with E-state index < -0.39 is 17.6 Å². The zero-order chi connectivity index (χ0) is 18.9. The largest absolute Gasteiger partial charge is 0.416 e. The highest BCUT2D eigenvalue weighted by molar-refractivity contribution is 5.82. The number of amides is 1. The second kappa shape index (κ2) is 5.60. The number of fused-ring (bicyclic) bond motifs is 10. The molecule has 4 atom stereocenters. The molecule has 2 N–H and O–H groups in total. The number of carbonyl (C=O) groups excluding carboxylic acids is 1. The molecule has 1 amide bonds. The molecule has 2 aromatic rings. The Bertz CT molecular complexity index is 949. The van der Waals surface area contributed by atoms with Gasteiger partial charge in [-0.05, 0) is 76.8 Å². The summed E-state index contributed by atoms with van der Waals surface area (Å²) in [6, 6.07) is 10.2. The molecule has 2 fully saturated rings. The van der Waals surface area contributed by atoms with Crippen LogP contribution >= 0.6 is 0 Å². The highest BCUT2D eigenvalue weighted by Gasteiger charge is 2.54. The summed E-state index contributed by atoms with van der Waals surface area (Å²) in [5.74, 6) is 0.223. The van der Waals surface area contributed by atoms with Crippen LogP contribution in [0.2, 0.25) is 0 Å². The van der Waals surface area contributed by atoms with Gasteiger partial charge in [0.15, 0.2) is 0 Å². The lowest BCUT2D eigenvalue weighted by Crippen LogP contribution is -2.28. The first kappa shape index (κ1) is 16.8. The topological polar surface area (TPSA) is 43.1 Å². The fourth-order valence-electron chi connectivity index (χ4n) is 6.11. The van der Waals surface area contributed by atoms with Crippen LogP contribution in [-0.2, 0) is 17.4 Å². The summed E-state index contributed by atoms with van der Waals surface area (Å²) in [7, 11) is 0. The van der Waals surface area contributed by atoms with Crippen molar-refractivity contribution in [2.45, 2.75) is 43.7 Å². The minimum absolute atomic E-state index is 0.0605. The van der Waals surface area contributed by atoms with Gasteiger partial charge < -0.3 is 5.73 Å². The number of carbonyl (C=O) groups is 1. The van der Waals surface area contributed by atoms with Crippen LogP contribution < -0.4 is 5.73 Å². The standard InChI is InChI=1S/C22H20F3NO/c23-22(24,25)16-6-2-5-15-14-4-1-3-11(10-17(26)27)18(14)19-12-7-8-13(9-12)20(19)21(15)16/h1-6,12-13,19-20H,7-10H2,(H2,26,27). The van der Waals surface area contributed by atoms with E-state index in [1.807, 2.05) is 18.2 Å². The van der Waals surface area contributed by atoms with Gasteiger partial charge in [0, 0.05) is 0 Å². The molecular weight excluding hydrogens is 351 g/mol. The van der Waals surface area contributed by atoms with Crippen LogP contribution in [0, 0.1) is 11.8 Å². The number of hydrogen-bond donors (Lipinski definition) is 1. The summed E-state index contributed by atoms with van der Waals surface area (Å²) in [6.45, 7) is 0. The lowest BCUT2D eigenvalue weighted by atomic mass is 9.63. The molecule has 4 unspecified atom stereocenters. The predicted molar refractivity (Wildman–Crippen MR) is 96.1 cm³/mol. The molecular formula is C22H20F3NO. The second-order valence-electron chi connectivity index (χ2n) is 8.17. The molecule has 3 aliphatic carbocycles. The maximum absolute atomic E-state index is 13.8. The minimum atomic E-state index is -4.36. The SMILES string of the molecule is NC(=O)Cc1cccc2c1C1C3CCC(C3)C1c1c-2cccc1C(F)(F)F. The van der Waals surface area contributed by atoms with Gasteiger partial charge in [-0.3, -0.25) is 4.79 Å². The molecule has 27 heavy (non-hydrogen) atoms. The number of hydrogen-bond acceptors (Lipinski definition) is 1. The van der Waals surface area contributed by atoms with Crippen LogP contribution in [0.3, 0.4) is 0 Å². The highest BCUT2D eigenvalue weighted by Crippen LogP contribution is 2.66. The van der Waals surface area contributed by atoms with Gasteiger partial charge in [-0.15, -0.1) is 0 Å². The highest BCUT2D eigenvalue weighted by atomic mass is 19.4. The number of primary amides is 1. The Hall–Kier alpha value is -2.30. The van der Waals surface area contributed by atoms with Crippen molar-refractivity contribution in [3.63, 3.8) is 0 Å². The van der Waals surface area contributed by atoms with E-state index in [1.165, 1.54) is 12.1 Å². The smallest absolute Gasteiger partial charge is 0.369 e. The first-order valence-electron chi connectivity index (χ1n) is 9.47. The molecule has 0 aliphatic heterocycles. The van der Waals surface area contributed by atoms with Gasteiger partial charge in [0.05, 0.1) is 12.0 Å². The summed E-state index contributed by atoms with van der Waals surface area (Å²) in [6.07, 6.45) is -1.20. The van der Waals surface area contributed by atoms with Crippen LogP contribution in [0.25, 0.3) is 11.1 Å². The summed E-state index contributed by atoms with van der Waals surface area (Å²) < 4.78 is 41.5. The third-order valence-electron chi connectivity index (χ3n) is 6.85. The molecule has 5 heteroatoms. The lowest BCUT2D eigenvalue weighted by molar-refractivity contribution is -0.138. The van der Waals surface area contributed by atoms with Crippen molar-refractivity contribution in [1.29, 1.82) is 0 Å². The first-order valence-corrected chi connectivity index (χ1v) is 9.47. The van der Waals surface area contributed by atoms with Gasteiger partial charge in [-0.2, -0.15) is 13.2 Å². The maximum atomic E-state index is 13.8. The molecule has 2 saturated carbocycles. The Kier molecular flexibility index (Phi) is 3.49. The van der Waals surface area contributed by atoms with Crippen molar-refractivity contribution in [1.82, 2.24) is 0 Å². The summed E-state index contributed by atoms with van der Waals surface area (Å²) >= 11 is 0. The van der Waals surface area contributed by atoms with E-state index in [4.69, 9.17) is 5.73 Å². The predicted octanol–water partition coefficient (Wildman–Crippen LogP) is 5.01. The van der Waals surface area contributed by atoms with E-state index in [9.17, 15) is 18.0 Å². The van der Waals surface area contributed by atoms with Gasteiger partial charge >= 0.3 is 6.18 Å². The lowest BCUT2D eigenvalue weighted by Gasteiger charge is -2.40. The summed E-state index contributed by atoms with van der Waals surface area (Å²) in [5, 5.41) is 0. The minimum Gasteiger partial charge on any atom is -0.369 e. The monoisotopic (exact) mass is 371 g/mol. The Morgan fingerprint density at radius 3 is 2.19 bits per heavy atom. The molecule has 0 radical (unpaired) electrons. The fraction of sp³-hybridized carbons (Fsp3) is 0.409. The Balaban J connectivity index is 1.82. The van der Waals surface area contributed by atoms with Crippen molar-refractivity contribution in [3.05, 3.63) is 58.7 Å². The molecule has 2 aromatic carbocycles. The number of alkyl halides is 3. The average molecular weight is 371 g/mol. The van der Waals surface area contributed by atoms with Crippen molar-refractivity contribution in [2.24, 2.45) is 17.6 Å². The van der Waals surface area contributed by atoms with Gasteiger partial charge in [0.1, 0.15) is 0 Å². The maximum Gasteiger partial charge on any atom is 0.416 e. The summed E-state index contributed by atoms with van der Waals surface area (Å²) in [5.41, 5.74) is 8.93. The Morgan fingerprint density at radius 2 is 1.56 bits per heavy atom. The number of rotatable bonds is 2. The van der Waals surface area contributed by atoms with Crippen LogP contribution in [0.5, 0.6) is 0 Å². The molecule has 3 aliphatic rings. The molecule has 0 heterocycles. The molecule has 0 aromatic heterocycles. The Labute approximate surface area is 155 Å². The van der Waals surface area contributed by atoms with E-state index in [0.717, 1.165) is 36.0 Å². The average Bonchev–Trinajstić information content (AvgIpc) is 3.22. The molecule has 140 valence electrons. The summed E-state index contributed by atoms with van der Waals surface area (Å²) in [4.78, 5) is 11.6. The van der Waals surface area contributed by atoms with Gasteiger partial charge in [-0.1, -0.05) is 30.3 Å². The van der Waals surface area contributed by atoms with Crippen LogP contribution in [-0.4, -0.2) is 5.91 Å². The van der Waals surface area contributed by atoms with Crippen molar-refractivity contribution >= 4 is 5.91 Å². The van der Waals surface area contributed by atoms with E-state index in [-0.39, 0.29) is 24.2 Å². The quantitative estimate of drug-likeness (QED) is 0.792. The third kappa shape index (κ3) is 2.36. The number of halogens is 3. The molecule has 5 rings (SSSR count). The second-order valence-corrected chi connectivity index (χ2v) is 8.17. The van der Waals surface area contributed by atoms with Gasteiger partial charge in [0.2, 0.25) is 5.91 Å². The molecule has 2 nitrogen and oxygen atoms in total. The van der Waals surface area contributed by atoms with Crippen LogP contribution in [0.15, 0.2) is 36.4 Å². The molecule has 0 spiro atoms. The van der Waals surface area contributed by atoms with E-state index >= 15 is 0 Å². The normalized spacial score (nSPS) is 27.8. The van der Waals surface area contributed by atoms with Crippen molar-refractivity contribution in [2.75, 3.05) is 0 Å². The van der Waals surface area contributed by atoms with Gasteiger partial charge in [-0.25, -0.2) is 0 Å². The van der Waals surface area contributed by atoms with E-state index in [1.54, 1.807) is 6.07 Å². The van der Waals surface area contributed by atoms with Crippen LogP contribution in [0.1, 0.15) is 53.4 Å². The first-order chi connectivity index (χ1) is 12.9. The number of benzene rings is 2. The zero-order valence-electron chi connectivity index (χ0n) is 14.7. The van der Waals surface area contributed by atoms with Crippen molar-refractivity contribution in [3.8, 4) is 11.1 Å². The van der Waals surface area contributed by atoms with Gasteiger partial charge in [0.25, 0.3) is 0 Å². The number of nitrogens with two attached hydrogens (primary N) is 1. The zero-order valence-corrected chi connectivity index (χ0v) is 14.7. The Morgan fingerprint density at radius 1 is 0.963 bits per heavy atom. The van der Waals surface area contributed by atoms with E-state index in [0.29, 0.717) is 17.0 Å². The fourth-order valence-corrected chi connectivity index (χ4v) is 6.11. The molecule has 2 bridgehead atoms. The third-order valence-corrected chi connectivity index (χ3v) is 6.85.